The molecule has 1 aromatic heterocycles. The summed E-state index contributed by atoms with van der Waals surface area (Å²) in [6, 6.07) is 16.0. The van der Waals surface area contributed by atoms with E-state index in [-0.39, 0.29) is 11.8 Å². The molecule has 0 aliphatic carbocycles. The Kier molecular flexibility index (Phi) is 4.85. The van der Waals surface area contributed by atoms with Gasteiger partial charge in [-0.15, -0.1) is 0 Å². The summed E-state index contributed by atoms with van der Waals surface area (Å²) in [6.45, 7) is 3.09. The van der Waals surface area contributed by atoms with Crippen LogP contribution in [0.25, 0.3) is 0 Å². The number of carbonyl (C=O) groups is 2. The number of benzene rings is 2. The van der Waals surface area contributed by atoms with Crippen LogP contribution in [-0.2, 0) is 6.42 Å². The second-order valence-corrected chi connectivity index (χ2v) is 6.44. The third-order valence-electron chi connectivity index (χ3n) is 4.64. The number of amides is 2. The van der Waals surface area contributed by atoms with Crippen LogP contribution >= 0.6 is 0 Å². The predicted octanol–water partition coefficient (Wildman–Crippen LogP) is 4.13. The Morgan fingerprint density at radius 3 is 2.68 bits per heavy atom. The van der Waals surface area contributed by atoms with Gasteiger partial charge < -0.3 is 19.4 Å². The Bertz CT molecular complexity index is 994. The second-order valence-electron chi connectivity index (χ2n) is 6.44. The van der Waals surface area contributed by atoms with Crippen LogP contribution < -0.4 is 15.0 Å². The fourth-order valence-corrected chi connectivity index (χ4v) is 3.30. The van der Waals surface area contributed by atoms with Crippen LogP contribution in [0.2, 0.25) is 0 Å². The predicted molar refractivity (Wildman–Crippen MR) is 106 cm³/mol. The van der Waals surface area contributed by atoms with Crippen molar-refractivity contribution in [1.82, 2.24) is 0 Å². The standard InChI is InChI=1S/C22H20N2O4/c1-2-27-18-8-5-15(6-9-18)21(25)23-17-7-10-19-16(14-17)11-12-24(19)22(26)20-4-3-13-28-20/h3-10,13-14H,2,11-12H2,1H3,(H,23,25). The molecule has 0 bridgehead atoms. The van der Waals surface area contributed by atoms with Crippen LogP contribution in [0.1, 0.15) is 33.4 Å². The first-order valence-corrected chi connectivity index (χ1v) is 9.18. The van der Waals surface area contributed by atoms with Crippen molar-refractivity contribution in [3.63, 3.8) is 0 Å². The van der Waals surface area contributed by atoms with Gasteiger partial charge in [-0.05, 0) is 73.5 Å². The molecule has 2 amide bonds. The van der Waals surface area contributed by atoms with E-state index in [1.807, 2.05) is 19.1 Å². The van der Waals surface area contributed by atoms with E-state index in [0.29, 0.717) is 30.2 Å². The number of rotatable bonds is 5. The average Bonchev–Trinajstić information content (AvgIpc) is 3.38. The lowest BCUT2D eigenvalue weighted by molar-refractivity contribution is 0.0962. The van der Waals surface area contributed by atoms with E-state index in [4.69, 9.17) is 9.15 Å². The third-order valence-corrected chi connectivity index (χ3v) is 4.64. The number of carbonyl (C=O) groups excluding carboxylic acids is 2. The van der Waals surface area contributed by atoms with Crippen LogP contribution in [-0.4, -0.2) is 25.0 Å². The molecule has 0 saturated carbocycles. The molecule has 0 spiro atoms. The lowest BCUT2D eigenvalue weighted by Crippen LogP contribution is -2.28. The van der Waals surface area contributed by atoms with Gasteiger partial charge in [0.05, 0.1) is 12.9 Å². The van der Waals surface area contributed by atoms with Gasteiger partial charge in [-0.25, -0.2) is 0 Å². The number of hydrogen-bond acceptors (Lipinski definition) is 4. The molecule has 0 fully saturated rings. The zero-order chi connectivity index (χ0) is 19.5. The maximum absolute atomic E-state index is 12.5. The van der Waals surface area contributed by atoms with E-state index in [1.54, 1.807) is 47.4 Å². The van der Waals surface area contributed by atoms with Crippen molar-refractivity contribution < 1.29 is 18.7 Å². The fraction of sp³-hybridized carbons (Fsp3) is 0.182. The molecular formula is C22H20N2O4. The number of anilines is 2. The minimum atomic E-state index is -0.190. The van der Waals surface area contributed by atoms with E-state index in [0.717, 1.165) is 23.4 Å². The summed E-state index contributed by atoms with van der Waals surface area (Å²) in [7, 11) is 0. The third kappa shape index (κ3) is 3.49. The Labute approximate surface area is 162 Å². The van der Waals surface area contributed by atoms with Crippen LogP contribution in [0, 0.1) is 0 Å². The molecule has 28 heavy (non-hydrogen) atoms. The molecule has 0 radical (unpaired) electrons. The van der Waals surface area contributed by atoms with Gasteiger partial charge in [-0.1, -0.05) is 0 Å². The molecule has 2 aromatic carbocycles. The summed E-state index contributed by atoms with van der Waals surface area (Å²) in [6.07, 6.45) is 2.22. The van der Waals surface area contributed by atoms with Crippen molar-refractivity contribution in [3.8, 4) is 5.75 Å². The van der Waals surface area contributed by atoms with E-state index < -0.39 is 0 Å². The molecule has 6 heteroatoms. The van der Waals surface area contributed by atoms with Crippen molar-refractivity contribution >= 4 is 23.2 Å². The van der Waals surface area contributed by atoms with Crippen LogP contribution in [0.3, 0.4) is 0 Å². The van der Waals surface area contributed by atoms with Gasteiger partial charge >= 0.3 is 0 Å². The monoisotopic (exact) mass is 376 g/mol. The number of furan rings is 1. The van der Waals surface area contributed by atoms with Gasteiger partial charge in [-0.2, -0.15) is 0 Å². The summed E-state index contributed by atoms with van der Waals surface area (Å²) in [5.41, 5.74) is 3.12. The van der Waals surface area contributed by atoms with E-state index >= 15 is 0 Å². The van der Waals surface area contributed by atoms with Gasteiger partial charge in [0, 0.05) is 23.5 Å². The summed E-state index contributed by atoms with van der Waals surface area (Å²) in [4.78, 5) is 26.7. The normalized spacial score (nSPS) is 12.5. The highest BCUT2D eigenvalue weighted by molar-refractivity contribution is 6.07. The molecule has 6 nitrogen and oxygen atoms in total. The molecule has 2 heterocycles. The van der Waals surface area contributed by atoms with Gasteiger partial charge in [0.1, 0.15) is 5.75 Å². The summed E-state index contributed by atoms with van der Waals surface area (Å²) in [5, 5.41) is 2.91. The Morgan fingerprint density at radius 1 is 1.14 bits per heavy atom. The Morgan fingerprint density at radius 2 is 1.96 bits per heavy atom. The zero-order valence-electron chi connectivity index (χ0n) is 15.5. The first kappa shape index (κ1) is 17.9. The number of nitrogens with one attached hydrogen (secondary N) is 1. The van der Waals surface area contributed by atoms with Crippen LogP contribution in [0.15, 0.2) is 65.3 Å². The molecule has 142 valence electrons. The van der Waals surface area contributed by atoms with Crippen molar-refractivity contribution in [2.45, 2.75) is 13.3 Å². The molecule has 4 rings (SSSR count). The first-order chi connectivity index (χ1) is 13.7. The van der Waals surface area contributed by atoms with Gasteiger partial charge in [-0.3, -0.25) is 9.59 Å². The molecule has 0 atom stereocenters. The highest BCUT2D eigenvalue weighted by Gasteiger charge is 2.27. The lowest BCUT2D eigenvalue weighted by atomic mass is 10.1. The number of hydrogen-bond donors (Lipinski definition) is 1. The summed E-state index contributed by atoms with van der Waals surface area (Å²) >= 11 is 0. The Hall–Kier alpha value is -3.54. The molecule has 1 aliphatic heterocycles. The summed E-state index contributed by atoms with van der Waals surface area (Å²) in [5.74, 6) is 0.707. The summed E-state index contributed by atoms with van der Waals surface area (Å²) < 4.78 is 10.6. The van der Waals surface area contributed by atoms with E-state index in [2.05, 4.69) is 5.32 Å². The minimum absolute atomic E-state index is 0.157. The van der Waals surface area contributed by atoms with Crippen molar-refractivity contribution in [2.75, 3.05) is 23.4 Å². The topological polar surface area (TPSA) is 71.8 Å². The highest BCUT2D eigenvalue weighted by Crippen LogP contribution is 2.32. The van der Waals surface area contributed by atoms with Crippen molar-refractivity contribution in [1.29, 1.82) is 0 Å². The highest BCUT2D eigenvalue weighted by atomic mass is 16.5. The van der Waals surface area contributed by atoms with Gasteiger partial charge in [0.15, 0.2) is 5.76 Å². The SMILES string of the molecule is CCOc1ccc(C(=O)Nc2ccc3c(c2)CCN3C(=O)c2ccco2)cc1. The number of ether oxygens (including phenoxy) is 1. The smallest absolute Gasteiger partial charge is 0.293 e. The maximum Gasteiger partial charge on any atom is 0.293 e. The first-order valence-electron chi connectivity index (χ1n) is 9.18. The molecule has 1 N–H and O–H groups in total. The van der Waals surface area contributed by atoms with Gasteiger partial charge in [0.25, 0.3) is 11.8 Å². The van der Waals surface area contributed by atoms with E-state index in [1.165, 1.54) is 6.26 Å². The molecule has 0 saturated heterocycles. The minimum Gasteiger partial charge on any atom is -0.494 e. The fourth-order valence-electron chi connectivity index (χ4n) is 3.30. The molecule has 0 unspecified atom stereocenters. The van der Waals surface area contributed by atoms with Crippen molar-refractivity contribution in [3.05, 3.63) is 77.7 Å². The lowest BCUT2D eigenvalue weighted by Gasteiger charge is -2.16. The van der Waals surface area contributed by atoms with E-state index in [9.17, 15) is 9.59 Å². The molecule has 3 aromatic rings. The molecule has 1 aliphatic rings. The Balaban J connectivity index is 1.47. The second kappa shape index (κ2) is 7.60. The average molecular weight is 376 g/mol. The van der Waals surface area contributed by atoms with Crippen LogP contribution in [0.5, 0.6) is 5.75 Å². The maximum atomic E-state index is 12.5. The van der Waals surface area contributed by atoms with Crippen LogP contribution in [0.4, 0.5) is 11.4 Å². The quantitative estimate of drug-likeness (QED) is 0.727. The number of nitrogens with zero attached hydrogens (tertiary/aromatic N) is 1. The zero-order valence-corrected chi connectivity index (χ0v) is 15.5. The van der Waals surface area contributed by atoms with Crippen molar-refractivity contribution in [2.24, 2.45) is 0 Å². The molecular weight excluding hydrogens is 356 g/mol. The number of fused-ring (bicyclic) bond motifs is 1. The van der Waals surface area contributed by atoms with Gasteiger partial charge in [0.2, 0.25) is 0 Å². The largest absolute Gasteiger partial charge is 0.494 e.